The molecule has 2 aromatic carbocycles. The smallest absolute Gasteiger partial charge is 0.127 e. The quantitative estimate of drug-likeness (QED) is 0.358. The van der Waals surface area contributed by atoms with Gasteiger partial charge in [-0.2, -0.15) is 0 Å². The van der Waals surface area contributed by atoms with Crippen LogP contribution in [0, 0.1) is 5.82 Å². The van der Waals surface area contributed by atoms with Gasteiger partial charge in [0.25, 0.3) is 0 Å². The predicted octanol–water partition coefficient (Wildman–Crippen LogP) is 7.67. The standard InChI is InChI=1S/C25H35FO2/c1-3-5-6-7-8-9-10-11-12-17-28-25-19-24(27)23(18-20(25)4-2)21-13-15-22(26)16-14-21/h13-16,18-19,27H,3-12,17H2,1-2H3. The highest BCUT2D eigenvalue weighted by atomic mass is 19.1. The maximum absolute atomic E-state index is 13.2. The van der Waals surface area contributed by atoms with Crippen molar-refractivity contribution >= 4 is 0 Å². The average Bonchev–Trinajstić information content (AvgIpc) is 2.70. The van der Waals surface area contributed by atoms with E-state index < -0.39 is 0 Å². The predicted molar refractivity (Wildman–Crippen MR) is 116 cm³/mol. The number of unbranched alkanes of at least 4 members (excludes halogenated alkanes) is 8. The molecule has 0 unspecified atom stereocenters. The minimum Gasteiger partial charge on any atom is -0.507 e. The van der Waals surface area contributed by atoms with Crippen LogP contribution < -0.4 is 4.74 Å². The third-order valence-corrected chi connectivity index (χ3v) is 5.22. The fourth-order valence-electron chi connectivity index (χ4n) is 3.48. The van der Waals surface area contributed by atoms with Gasteiger partial charge in [-0.05, 0) is 42.2 Å². The second-order valence-corrected chi connectivity index (χ2v) is 7.51. The topological polar surface area (TPSA) is 29.5 Å². The van der Waals surface area contributed by atoms with Gasteiger partial charge in [-0.3, -0.25) is 0 Å². The summed E-state index contributed by atoms with van der Waals surface area (Å²) < 4.78 is 19.1. The number of phenolic OH excluding ortho intramolecular Hbond substituents is 1. The van der Waals surface area contributed by atoms with Crippen molar-refractivity contribution in [3.05, 3.63) is 47.8 Å². The zero-order chi connectivity index (χ0) is 20.2. The van der Waals surface area contributed by atoms with Crippen LogP contribution in [0.1, 0.15) is 77.2 Å². The summed E-state index contributed by atoms with van der Waals surface area (Å²) in [6.45, 7) is 5.00. The molecule has 0 saturated carbocycles. The van der Waals surface area contributed by atoms with Gasteiger partial charge in [0.15, 0.2) is 0 Å². The number of halogens is 1. The first kappa shape index (κ1) is 22.3. The van der Waals surface area contributed by atoms with E-state index in [1.165, 1.54) is 63.5 Å². The molecule has 1 N–H and O–H groups in total. The number of hydrogen-bond acceptors (Lipinski definition) is 2. The summed E-state index contributed by atoms with van der Waals surface area (Å²) in [7, 11) is 0. The lowest BCUT2D eigenvalue weighted by atomic mass is 10.00. The molecule has 0 fully saturated rings. The van der Waals surface area contributed by atoms with Crippen LogP contribution in [0.3, 0.4) is 0 Å². The van der Waals surface area contributed by atoms with E-state index in [4.69, 9.17) is 4.74 Å². The van der Waals surface area contributed by atoms with Crippen LogP contribution in [-0.4, -0.2) is 11.7 Å². The van der Waals surface area contributed by atoms with Crippen molar-refractivity contribution in [2.45, 2.75) is 78.1 Å². The molecule has 0 bridgehead atoms. The van der Waals surface area contributed by atoms with Crippen molar-refractivity contribution in [3.63, 3.8) is 0 Å². The fraction of sp³-hybridized carbons (Fsp3) is 0.520. The Hall–Kier alpha value is -2.03. The Kier molecular flexibility index (Phi) is 9.88. The van der Waals surface area contributed by atoms with E-state index in [-0.39, 0.29) is 11.6 Å². The first-order chi connectivity index (χ1) is 13.7. The fourth-order valence-corrected chi connectivity index (χ4v) is 3.48. The van der Waals surface area contributed by atoms with Crippen molar-refractivity contribution in [2.75, 3.05) is 6.61 Å². The molecule has 2 rings (SSSR count). The summed E-state index contributed by atoms with van der Waals surface area (Å²) in [6.07, 6.45) is 12.4. The normalized spacial score (nSPS) is 11.0. The van der Waals surface area contributed by atoms with E-state index in [0.717, 1.165) is 29.7 Å². The van der Waals surface area contributed by atoms with Crippen molar-refractivity contribution in [1.29, 1.82) is 0 Å². The highest BCUT2D eigenvalue weighted by Gasteiger charge is 2.11. The lowest BCUT2D eigenvalue weighted by Gasteiger charge is -2.14. The minimum absolute atomic E-state index is 0.172. The monoisotopic (exact) mass is 386 g/mol. The molecule has 0 aliphatic carbocycles. The molecule has 0 aliphatic rings. The Morgan fingerprint density at radius 3 is 2.04 bits per heavy atom. The van der Waals surface area contributed by atoms with Crippen LogP contribution >= 0.6 is 0 Å². The number of benzene rings is 2. The summed E-state index contributed by atoms with van der Waals surface area (Å²) in [6, 6.07) is 9.85. The minimum atomic E-state index is -0.278. The zero-order valence-corrected chi connectivity index (χ0v) is 17.5. The molecule has 0 amide bonds. The molecule has 28 heavy (non-hydrogen) atoms. The Morgan fingerprint density at radius 2 is 1.43 bits per heavy atom. The molecule has 2 nitrogen and oxygen atoms in total. The highest BCUT2D eigenvalue weighted by Crippen LogP contribution is 2.36. The number of rotatable bonds is 13. The van der Waals surface area contributed by atoms with Crippen LogP contribution in [0.25, 0.3) is 11.1 Å². The van der Waals surface area contributed by atoms with E-state index in [1.54, 1.807) is 18.2 Å². The van der Waals surface area contributed by atoms with Gasteiger partial charge in [-0.15, -0.1) is 0 Å². The van der Waals surface area contributed by atoms with Crippen LogP contribution in [-0.2, 0) is 6.42 Å². The lowest BCUT2D eigenvalue weighted by molar-refractivity contribution is 0.300. The average molecular weight is 387 g/mol. The van der Waals surface area contributed by atoms with Crippen LogP contribution in [0.5, 0.6) is 11.5 Å². The van der Waals surface area contributed by atoms with Crippen molar-refractivity contribution < 1.29 is 14.2 Å². The molecular formula is C25H35FO2. The van der Waals surface area contributed by atoms with Gasteiger partial charge in [0, 0.05) is 11.6 Å². The van der Waals surface area contributed by atoms with Crippen LogP contribution in [0.15, 0.2) is 36.4 Å². The number of aryl methyl sites for hydroxylation is 1. The van der Waals surface area contributed by atoms with E-state index >= 15 is 0 Å². The molecule has 0 radical (unpaired) electrons. The molecular weight excluding hydrogens is 351 g/mol. The summed E-state index contributed by atoms with van der Waals surface area (Å²) in [5.74, 6) is 0.649. The van der Waals surface area contributed by atoms with Gasteiger partial charge in [0.2, 0.25) is 0 Å². The van der Waals surface area contributed by atoms with E-state index in [1.807, 2.05) is 6.07 Å². The zero-order valence-electron chi connectivity index (χ0n) is 17.5. The van der Waals surface area contributed by atoms with Gasteiger partial charge in [-0.25, -0.2) is 4.39 Å². The summed E-state index contributed by atoms with van der Waals surface area (Å²) in [4.78, 5) is 0. The maximum atomic E-state index is 13.2. The number of aromatic hydroxyl groups is 1. The second-order valence-electron chi connectivity index (χ2n) is 7.51. The van der Waals surface area contributed by atoms with Crippen molar-refractivity contribution in [2.24, 2.45) is 0 Å². The maximum Gasteiger partial charge on any atom is 0.127 e. The largest absolute Gasteiger partial charge is 0.507 e. The van der Waals surface area contributed by atoms with Crippen molar-refractivity contribution in [1.82, 2.24) is 0 Å². The molecule has 0 atom stereocenters. The third kappa shape index (κ3) is 7.18. The van der Waals surface area contributed by atoms with Gasteiger partial charge in [0.1, 0.15) is 17.3 Å². The molecule has 0 spiro atoms. The third-order valence-electron chi connectivity index (χ3n) is 5.22. The SMILES string of the molecule is CCCCCCCCCCCOc1cc(O)c(-c2ccc(F)cc2)cc1CC. The Morgan fingerprint density at radius 1 is 0.821 bits per heavy atom. The van der Waals surface area contributed by atoms with Gasteiger partial charge >= 0.3 is 0 Å². The van der Waals surface area contributed by atoms with Crippen LogP contribution in [0.4, 0.5) is 4.39 Å². The summed E-state index contributed by atoms with van der Waals surface area (Å²) >= 11 is 0. The summed E-state index contributed by atoms with van der Waals surface area (Å²) in [5.41, 5.74) is 2.58. The van der Waals surface area contributed by atoms with E-state index in [0.29, 0.717) is 12.2 Å². The molecule has 0 aromatic heterocycles. The first-order valence-electron chi connectivity index (χ1n) is 10.9. The first-order valence-corrected chi connectivity index (χ1v) is 10.9. The number of hydrogen-bond donors (Lipinski definition) is 1. The number of phenols is 1. The molecule has 154 valence electrons. The van der Waals surface area contributed by atoms with E-state index in [9.17, 15) is 9.50 Å². The highest BCUT2D eigenvalue weighted by molar-refractivity contribution is 5.72. The summed E-state index contributed by atoms with van der Waals surface area (Å²) in [5, 5.41) is 10.4. The van der Waals surface area contributed by atoms with Crippen LogP contribution in [0.2, 0.25) is 0 Å². The number of ether oxygens (including phenoxy) is 1. The molecule has 3 heteroatoms. The Labute approximate surface area is 169 Å². The van der Waals surface area contributed by atoms with Crippen molar-refractivity contribution in [3.8, 4) is 22.6 Å². The van der Waals surface area contributed by atoms with E-state index in [2.05, 4.69) is 13.8 Å². The Balaban J connectivity index is 1.80. The lowest BCUT2D eigenvalue weighted by Crippen LogP contribution is -2.00. The second kappa shape index (κ2) is 12.4. The molecule has 0 aliphatic heterocycles. The van der Waals surface area contributed by atoms with Gasteiger partial charge < -0.3 is 9.84 Å². The molecule has 0 heterocycles. The Bertz CT molecular complexity index is 694. The van der Waals surface area contributed by atoms with Gasteiger partial charge in [0.05, 0.1) is 6.61 Å². The molecule has 0 saturated heterocycles. The van der Waals surface area contributed by atoms with Gasteiger partial charge in [-0.1, -0.05) is 77.3 Å². The molecule has 2 aromatic rings.